The fraction of sp³-hybridized carbons (Fsp3) is 0.364. The van der Waals surface area contributed by atoms with E-state index < -0.39 is 0 Å². The molecule has 0 atom stereocenters. The topological polar surface area (TPSA) is 79.9 Å². The second kappa shape index (κ2) is 9.93. The summed E-state index contributed by atoms with van der Waals surface area (Å²) in [5.74, 6) is 0.500. The van der Waals surface area contributed by atoms with Crippen molar-refractivity contribution in [2.24, 2.45) is 0 Å². The molecule has 29 heavy (non-hydrogen) atoms. The highest BCUT2D eigenvalue weighted by molar-refractivity contribution is 5.96. The van der Waals surface area contributed by atoms with E-state index in [1.165, 1.54) is 0 Å². The van der Waals surface area contributed by atoms with Crippen molar-refractivity contribution in [3.8, 4) is 5.75 Å². The minimum absolute atomic E-state index is 0.0247. The first-order chi connectivity index (χ1) is 14.0. The number of rotatable bonds is 7. The first-order valence-corrected chi connectivity index (χ1v) is 9.79. The molecular weight excluding hydrogens is 370 g/mol. The number of hydrogen-bond acceptors (Lipinski definition) is 5. The molecule has 0 spiro atoms. The average Bonchev–Trinajstić information content (AvgIpc) is 2.72. The van der Waals surface area contributed by atoms with Crippen molar-refractivity contribution in [1.29, 1.82) is 0 Å². The molecule has 1 aliphatic heterocycles. The van der Waals surface area contributed by atoms with Crippen molar-refractivity contribution in [3.63, 3.8) is 0 Å². The Kier molecular flexibility index (Phi) is 7.08. The van der Waals surface area contributed by atoms with Gasteiger partial charge in [0.25, 0.3) is 5.91 Å². The van der Waals surface area contributed by atoms with E-state index in [1.807, 2.05) is 38.1 Å². The molecule has 1 saturated heterocycles. The van der Waals surface area contributed by atoms with Crippen molar-refractivity contribution in [2.75, 3.05) is 43.5 Å². The first kappa shape index (κ1) is 20.7. The number of amides is 2. The largest absolute Gasteiger partial charge is 0.491 e. The number of ether oxygens (including phenoxy) is 2. The van der Waals surface area contributed by atoms with Gasteiger partial charge in [0.15, 0.2) is 0 Å². The summed E-state index contributed by atoms with van der Waals surface area (Å²) in [5, 5.41) is 5.92. The van der Waals surface area contributed by atoms with Crippen LogP contribution in [0.4, 0.5) is 11.4 Å². The molecule has 0 unspecified atom stereocenters. The van der Waals surface area contributed by atoms with Crippen molar-refractivity contribution >= 4 is 23.2 Å². The molecule has 0 aromatic heterocycles. The lowest BCUT2D eigenvalue weighted by Gasteiger charge is -2.27. The Morgan fingerprint density at radius 3 is 2.55 bits per heavy atom. The Bertz CT molecular complexity index is 847. The number of benzene rings is 2. The monoisotopic (exact) mass is 397 g/mol. The van der Waals surface area contributed by atoms with Crippen LogP contribution in [-0.2, 0) is 9.53 Å². The number of carbonyl (C=O) groups excluding carboxylic acids is 2. The molecule has 0 bridgehead atoms. The van der Waals surface area contributed by atoms with Gasteiger partial charge in [0, 0.05) is 36.1 Å². The average molecular weight is 397 g/mol. The molecular formula is C22H27N3O4. The molecule has 0 radical (unpaired) electrons. The van der Waals surface area contributed by atoms with Gasteiger partial charge < -0.3 is 25.0 Å². The quantitative estimate of drug-likeness (QED) is 0.751. The molecule has 1 aliphatic rings. The zero-order valence-electron chi connectivity index (χ0n) is 16.8. The number of nitrogens with zero attached hydrogens (tertiary/aromatic N) is 1. The second-order valence-corrected chi connectivity index (χ2v) is 7.08. The molecule has 7 nitrogen and oxygen atoms in total. The Hall–Kier alpha value is -3.06. The van der Waals surface area contributed by atoms with E-state index in [4.69, 9.17) is 9.47 Å². The van der Waals surface area contributed by atoms with E-state index in [9.17, 15) is 9.59 Å². The van der Waals surface area contributed by atoms with Crippen LogP contribution in [0.3, 0.4) is 0 Å². The molecule has 2 N–H and O–H groups in total. The van der Waals surface area contributed by atoms with Crippen molar-refractivity contribution in [3.05, 3.63) is 54.1 Å². The molecule has 154 valence electrons. The predicted octanol–water partition coefficient (Wildman–Crippen LogP) is 3.00. The summed E-state index contributed by atoms with van der Waals surface area (Å²) in [6.07, 6.45) is 0.0649. The van der Waals surface area contributed by atoms with E-state index in [2.05, 4.69) is 10.6 Å². The zero-order valence-corrected chi connectivity index (χ0v) is 16.8. The van der Waals surface area contributed by atoms with Gasteiger partial charge in [0.2, 0.25) is 5.91 Å². The normalized spacial score (nSPS) is 13.8. The smallest absolute Gasteiger partial charge is 0.254 e. The lowest BCUT2D eigenvalue weighted by atomic mass is 10.1. The van der Waals surface area contributed by atoms with Crippen LogP contribution in [0, 0.1) is 0 Å². The van der Waals surface area contributed by atoms with Crippen LogP contribution in [0.1, 0.15) is 24.2 Å². The third-order valence-electron chi connectivity index (χ3n) is 4.35. The molecule has 1 fully saturated rings. The van der Waals surface area contributed by atoms with Crippen molar-refractivity contribution in [1.82, 2.24) is 4.90 Å². The van der Waals surface area contributed by atoms with Crippen molar-refractivity contribution < 1.29 is 19.1 Å². The molecule has 2 aromatic carbocycles. The number of nitrogens with one attached hydrogen (secondary N) is 2. The van der Waals surface area contributed by atoms with Crippen LogP contribution in [0.25, 0.3) is 0 Å². The van der Waals surface area contributed by atoms with Gasteiger partial charge in [0.05, 0.1) is 25.9 Å². The molecule has 0 aliphatic carbocycles. The lowest BCUT2D eigenvalue weighted by Crippen LogP contribution is -2.40. The van der Waals surface area contributed by atoms with Gasteiger partial charge >= 0.3 is 0 Å². The third-order valence-corrected chi connectivity index (χ3v) is 4.35. The van der Waals surface area contributed by atoms with Crippen LogP contribution >= 0.6 is 0 Å². The summed E-state index contributed by atoms with van der Waals surface area (Å²) in [7, 11) is 0. The fourth-order valence-electron chi connectivity index (χ4n) is 3.02. The highest BCUT2D eigenvalue weighted by Gasteiger charge is 2.18. The van der Waals surface area contributed by atoms with Crippen LogP contribution in [0.15, 0.2) is 48.5 Å². The van der Waals surface area contributed by atoms with Gasteiger partial charge in [0.1, 0.15) is 5.75 Å². The maximum absolute atomic E-state index is 12.6. The van der Waals surface area contributed by atoms with Gasteiger partial charge in [-0.3, -0.25) is 9.59 Å². The minimum Gasteiger partial charge on any atom is -0.491 e. The molecule has 0 saturated carbocycles. The van der Waals surface area contributed by atoms with Crippen molar-refractivity contribution in [2.45, 2.75) is 20.0 Å². The number of hydrogen-bond donors (Lipinski definition) is 2. The molecule has 3 rings (SSSR count). The standard InChI is InChI=1S/C22H27N3O4/c1-16(2)29-20-8-4-7-19(14-20)24-21(26)15-23-18-6-3-5-17(13-18)22(27)25-9-11-28-12-10-25/h3-8,13-14,16,23H,9-12,15H2,1-2H3,(H,24,26). The van der Waals surface area contributed by atoms with Gasteiger partial charge in [-0.25, -0.2) is 0 Å². The highest BCUT2D eigenvalue weighted by atomic mass is 16.5. The van der Waals surface area contributed by atoms with Gasteiger partial charge in [-0.1, -0.05) is 12.1 Å². The Morgan fingerprint density at radius 2 is 1.79 bits per heavy atom. The summed E-state index contributed by atoms with van der Waals surface area (Å²) < 4.78 is 10.9. The third kappa shape index (κ3) is 6.22. The fourth-order valence-corrected chi connectivity index (χ4v) is 3.02. The van der Waals surface area contributed by atoms with E-state index in [-0.39, 0.29) is 24.5 Å². The highest BCUT2D eigenvalue weighted by Crippen LogP contribution is 2.19. The van der Waals surface area contributed by atoms with E-state index in [1.54, 1.807) is 29.2 Å². The van der Waals surface area contributed by atoms with E-state index >= 15 is 0 Å². The minimum atomic E-state index is -0.184. The SMILES string of the molecule is CC(C)Oc1cccc(NC(=O)CNc2cccc(C(=O)N3CCOCC3)c2)c1. The summed E-state index contributed by atoms with van der Waals surface area (Å²) in [4.78, 5) is 26.7. The van der Waals surface area contributed by atoms with E-state index in [0.29, 0.717) is 43.3 Å². The number of anilines is 2. The first-order valence-electron chi connectivity index (χ1n) is 9.79. The zero-order chi connectivity index (χ0) is 20.6. The summed E-state index contributed by atoms with van der Waals surface area (Å²) in [6.45, 7) is 6.31. The Balaban J connectivity index is 1.54. The lowest BCUT2D eigenvalue weighted by molar-refractivity contribution is -0.114. The van der Waals surface area contributed by atoms with Crippen LogP contribution < -0.4 is 15.4 Å². The van der Waals surface area contributed by atoms with Gasteiger partial charge in [-0.2, -0.15) is 0 Å². The second-order valence-electron chi connectivity index (χ2n) is 7.08. The van der Waals surface area contributed by atoms with E-state index in [0.717, 1.165) is 5.69 Å². The number of carbonyl (C=O) groups is 2. The van der Waals surface area contributed by atoms with Gasteiger partial charge in [-0.05, 0) is 44.2 Å². The Labute approximate surface area is 171 Å². The summed E-state index contributed by atoms with van der Waals surface area (Å²) in [6, 6.07) is 14.5. The predicted molar refractivity (Wildman–Crippen MR) is 112 cm³/mol. The van der Waals surface area contributed by atoms with Crippen LogP contribution in [0.5, 0.6) is 5.75 Å². The Morgan fingerprint density at radius 1 is 1.07 bits per heavy atom. The maximum atomic E-state index is 12.6. The van der Waals surface area contributed by atoms with Crippen LogP contribution in [0.2, 0.25) is 0 Å². The summed E-state index contributed by atoms with van der Waals surface area (Å²) in [5.41, 5.74) is 1.98. The molecule has 2 aromatic rings. The molecule has 7 heteroatoms. The van der Waals surface area contributed by atoms with Crippen LogP contribution in [-0.4, -0.2) is 55.7 Å². The van der Waals surface area contributed by atoms with Gasteiger partial charge in [-0.15, -0.1) is 0 Å². The maximum Gasteiger partial charge on any atom is 0.254 e. The molecule has 2 amide bonds. The number of morpholine rings is 1. The molecule has 1 heterocycles. The summed E-state index contributed by atoms with van der Waals surface area (Å²) >= 11 is 0.